The smallest absolute Gasteiger partial charge is 0.137 e. The topological polar surface area (TPSA) is 78.3 Å². The Bertz CT molecular complexity index is 778. The summed E-state index contributed by atoms with van der Waals surface area (Å²) in [5, 5.41) is 22.1. The van der Waals surface area contributed by atoms with Crippen molar-refractivity contribution >= 4 is 0 Å². The zero-order valence-electron chi connectivity index (χ0n) is 13.6. The van der Waals surface area contributed by atoms with Crippen LogP contribution in [0.25, 0.3) is 0 Å². The van der Waals surface area contributed by atoms with Gasteiger partial charge in [0.1, 0.15) is 18.7 Å². The molecule has 0 unspecified atom stereocenters. The van der Waals surface area contributed by atoms with Crippen molar-refractivity contribution in [2.75, 3.05) is 0 Å². The van der Waals surface area contributed by atoms with Gasteiger partial charge in [0.05, 0.1) is 23.3 Å². The molecule has 5 nitrogen and oxygen atoms in total. The molecule has 0 saturated heterocycles. The first kappa shape index (κ1) is 19.6. The zero-order valence-corrected chi connectivity index (χ0v) is 13.6. The Labute approximate surface area is 148 Å². The number of hydrogen-bond donors (Lipinski definition) is 0. The van der Waals surface area contributed by atoms with Crippen LogP contribution in [0.2, 0.25) is 0 Å². The molecule has 0 saturated carbocycles. The van der Waals surface area contributed by atoms with Crippen molar-refractivity contribution in [2.24, 2.45) is 0 Å². The lowest BCUT2D eigenvalue weighted by molar-refractivity contribution is 0.594. The maximum absolute atomic E-state index is 8.92. The van der Waals surface area contributed by atoms with Crippen LogP contribution in [-0.4, -0.2) is 14.8 Å². The molecule has 0 fully saturated rings. The summed E-state index contributed by atoms with van der Waals surface area (Å²) in [7, 11) is 0. The van der Waals surface area contributed by atoms with Crippen molar-refractivity contribution in [3.05, 3.63) is 83.4 Å². The number of hydrogen-bond acceptors (Lipinski definition) is 4. The summed E-state index contributed by atoms with van der Waals surface area (Å²) in [6.45, 7) is 4.00. The lowest BCUT2D eigenvalue weighted by Gasteiger charge is -2.18. The zero-order chi connectivity index (χ0) is 17.4. The monoisotopic (exact) mass is 331 g/mol. The fraction of sp³-hybridized carbons (Fsp3) is 0.200. The predicted octanol–water partition coefficient (Wildman–Crippen LogP) is 4.32. The molecule has 5 heteroatoms. The second kappa shape index (κ2) is 9.64. The van der Waals surface area contributed by atoms with Crippen molar-refractivity contribution in [1.82, 2.24) is 14.8 Å². The lowest BCUT2D eigenvalue weighted by Crippen LogP contribution is -2.13. The fourth-order valence-electron chi connectivity index (χ4n) is 2.33. The van der Waals surface area contributed by atoms with E-state index in [1.807, 2.05) is 38.1 Å². The Morgan fingerprint density at radius 1 is 0.840 bits per heavy atom. The molecular formula is C20H21N5. The summed E-state index contributed by atoms with van der Waals surface area (Å²) in [6, 6.07) is 18.8. The SMILES string of the molecule is C.CC.N#Cc1ccc(C(c2ccc(C#N)cc2)n2cncn2)cc1. The Balaban J connectivity index is 0.00000101. The van der Waals surface area contributed by atoms with Gasteiger partial charge in [0, 0.05) is 0 Å². The van der Waals surface area contributed by atoms with Gasteiger partial charge in [0.25, 0.3) is 0 Å². The summed E-state index contributed by atoms with van der Waals surface area (Å²) >= 11 is 0. The molecule has 2 aromatic carbocycles. The van der Waals surface area contributed by atoms with Gasteiger partial charge in [-0.2, -0.15) is 15.6 Å². The number of nitrogens with zero attached hydrogens (tertiary/aromatic N) is 5. The summed E-state index contributed by atoms with van der Waals surface area (Å²) in [4.78, 5) is 4.01. The molecule has 1 aromatic heterocycles. The van der Waals surface area contributed by atoms with E-state index >= 15 is 0 Å². The second-order valence-electron chi connectivity index (χ2n) is 4.75. The van der Waals surface area contributed by atoms with E-state index in [-0.39, 0.29) is 13.5 Å². The molecule has 0 atom stereocenters. The van der Waals surface area contributed by atoms with E-state index in [4.69, 9.17) is 10.5 Å². The van der Waals surface area contributed by atoms with E-state index in [0.29, 0.717) is 11.1 Å². The first-order valence-corrected chi connectivity index (χ1v) is 7.66. The van der Waals surface area contributed by atoms with E-state index in [1.165, 1.54) is 6.33 Å². The third kappa shape index (κ3) is 4.53. The van der Waals surface area contributed by atoms with Gasteiger partial charge in [-0.1, -0.05) is 45.5 Å². The Kier molecular flexibility index (Phi) is 7.56. The molecule has 0 aliphatic rings. The van der Waals surface area contributed by atoms with Gasteiger partial charge in [-0.25, -0.2) is 9.67 Å². The van der Waals surface area contributed by atoms with Crippen LogP contribution in [-0.2, 0) is 0 Å². The molecule has 3 aromatic rings. The molecule has 1 heterocycles. The molecule has 126 valence electrons. The van der Waals surface area contributed by atoms with Crippen molar-refractivity contribution < 1.29 is 0 Å². The normalized spacial score (nSPS) is 9.16. The summed E-state index contributed by atoms with van der Waals surface area (Å²) in [6.07, 6.45) is 3.14. The van der Waals surface area contributed by atoms with Gasteiger partial charge in [0.15, 0.2) is 0 Å². The third-order valence-corrected chi connectivity index (χ3v) is 3.41. The van der Waals surface area contributed by atoms with Crippen molar-refractivity contribution in [3.63, 3.8) is 0 Å². The van der Waals surface area contributed by atoms with Crippen LogP contribution >= 0.6 is 0 Å². The van der Waals surface area contributed by atoms with Crippen molar-refractivity contribution in [2.45, 2.75) is 27.3 Å². The van der Waals surface area contributed by atoms with Crippen molar-refractivity contribution in [3.8, 4) is 12.1 Å². The van der Waals surface area contributed by atoms with Gasteiger partial charge in [-0.15, -0.1) is 0 Å². The minimum Gasteiger partial charge on any atom is -0.241 e. The van der Waals surface area contributed by atoms with Gasteiger partial charge in [0.2, 0.25) is 0 Å². The molecule has 0 aliphatic carbocycles. The van der Waals surface area contributed by atoms with Gasteiger partial charge >= 0.3 is 0 Å². The highest BCUT2D eigenvalue weighted by molar-refractivity contribution is 5.40. The second-order valence-corrected chi connectivity index (χ2v) is 4.75. The van der Waals surface area contributed by atoms with E-state index in [0.717, 1.165) is 11.1 Å². The standard InChI is InChI=1S/C17H11N5.C2H6.CH4/c18-9-13-1-5-15(6-2-13)17(22-12-20-11-21-22)16-7-3-14(10-19)4-8-16;1-2;/h1-8,11-12,17H;1-2H3;1H4. The Morgan fingerprint density at radius 3 is 1.60 bits per heavy atom. The summed E-state index contributed by atoms with van der Waals surface area (Å²) in [5.74, 6) is 0. The first-order chi connectivity index (χ1) is 11.8. The van der Waals surface area contributed by atoms with E-state index in [1.54, 1.807) is 35.3 Å². The Morgan fingerprint density at radius 2 is 1.28 bits per heavy atom. The third-order valence-electron chi connectivity index (χ3n) is 3.41. The van der Waals surface area contributed by atoms with Gasteiger partial charge in [-0.05, 0) is 35.4 Å². The van der Waals surface area contributed by atoms with Crippen LogP contribution in [0.5, 0.6) is 0 Å². The maximum atomic E-state index is 8.92. The highest BCUT2D eigenvalue weighted by atomic mass is 15.3. The van der Waals surface area contributed by atoms with E-state index in [9.17, 15) is 0 Å². The average molecular weight is 331 g/mol. The van der Waals surface area contributed by atoms with Crippen LogP contribution in [0.3, 0.4) is 0 Å². The molecule has 25 heavy (non-hydrogen) atoms. The molecule has 0 N–H and O–H groups in total. The number of nitriles is 2. The lowest BCUT2D eigenvalue weighted by atomic mass is 9.97. The van der Waals surface area contributed by atoms with Crippen molar-refractivity contribution in [1.29, 1.82) is 10.5 Å². The van der Waals surface area contributed by atoms with E-state index in [2.05, 4.69) is 22.2 Å². The number of rotatable bonds is 3. The quantitative estimate of drug-likeness (QED) is 0.716. The molecule has 3 rings (SSSR count). The minimum atomic E-state index is -0.150. The molecule has 0 spiro atoms. The number of aromatic nitrogens is 3. The van der Waals surface area contributed by atoms with Gasteiger partial charge in [-0.3, -0.25) is 0 Å². The fourth-order valence-corrected chi connectivity index (χ4v) is 2.33. The largest absolute Gasteiger partial charge is 0.241 e. The van der Waals surface area contributed by atoms with Crippen LogP contribution in [0.15, 0.2) is 61.2 Å². The predicted molar refractivity (Wildman–Crippen MR) is 97.7 cm³/mol. The highest BCUT2D eigenvalue weighted by Gasteiger charge is 2.17. The van der Waals surface area contributed by atoms with Crippen LogP contribution in [0, 0.1) is 22.7 Å². The van der Waals surface area contributed by atoms with E-state index < -0.39 is 0 Å². The molecule has 0 amide bonds. The molecule has 0 bridgehead atoms. The summed E-state index contributed by atoms with van der Waals surface area (Å²) in [5.41, 5.74) is 3.21. The summed E-state index contributed by atoms with van der Waals surface area (Å²) < 4.78 is 1.75. The average Bonchev–Trinajstić information content (AvgIpc) is 3.19. The number of benzene rings is 2. The molecular weight excluding hydrogens is 310 g/mol. The minimum absolute atomic E-state index is 0. The maximum Gasteiger partial charge on any atom is 0.137 e. The van der Waals surface area contributed by atoms with Crippen LogP contribution in [0.1, 0.15) is 49.6 Å². The van der Waals surface area contributed by atoms with Gasteiger partial charge < -0.3 is 0 Å². The highest BCUT2D eigenvalue weighted by Crippen LogP contribution is 2.26. The molecule has 0 radical (unpaired) electrons. The molecule has 0 aliphatic heterocycles. The first-order valence-electron chi connectivity index (χ1n) is 7.66. The van der Waals surface area contributed by atoms with Crippen LogP contribution < -0.4 is 0 Å². The Hall–Kier alpha value is -3.44. The van der Waals surface area contributed by atoms with Crippen LogP contribution in [0.4, 0.5) is 0 Å².